The Hall–Kier alpha value is -2.21. The third kappa shape index (κ3) is 3.03. The Morgan fingerprint density at radius 2 is 2.35 bits per heavy atom. The molecule has 0 radical (unpaired) electrons. The molecule has 1 amide bonds. The molecule has 2 N–H and O–H groups in total. The van der Waals surface area contributed by atoms with E-state index in [1.807, 2.05) is 6.07 Å². The summed E-state index contributed by atoms with van der Waals surface area (Å²) in [4.78, 5) is 11.9. The highest BCUT2D eigenvalue weighted by molar-refractivity contribution is 5.90. The van der Waals surface area contributed by atoms with Crippen molar-refractivity contribution in [3.8, 4) is 0 Å². The number of aromatic nitrogens is 3. The zero-order valence-corrected chi connectivity index (χ0v) is 11.2. The molecule has 1 aromatic heterocycles. The standard InChI is InChI=1S/C14H17N5O/c20-14(4-7-19-8-6-16-18-19)17-13-2-1-11-3-5-15-10-12(11)9-13/h1-2,6,8-9,15H,3-5,7,10H2,(H,17,20). The van der Waals surface area contributed by atoms with Gasteiger partial charge in [-0.1, -0.05) is 11.3 Å². The third-order valence-corrected chi connectivity index (χ3v) is 3.42. The van der Waals surface area contributed by atoms with Gasteiger partial charge >= 0.3 is 0 Å². The van der Waals surface area contributed by atoms with Crippen LogP contribution in [0.3, 0.4) is 0 Å². The number of amides is 1. The number of benzene rings is 1. The van der Waals surface area contributed by atoms with E-state index < -0.39 is 0 Å². The fourth-order valence-corrected chi connectivity index (χ4v) is 2.35. The van der Waals surface area contributed by atoms with E-state index in [0.29, 0.717) is 13.0 Å². The lowest BCUT2D eigenvalue weighted by Gasteiger charge is -2.18. The molecule has 0 spiro atoms. The monoisotopic (exact) mass is 271 g/mol. The van der Waals surface area contributed by atoms with E-state index in [4.69, 9.17) is 0 Å². The normalized spacial score (nSPS) is 13.8. The summed E-state index contributed by atoms with van der Waals surface area (Å²) >= 11 is 0. The SMILES string of the molecule is O=C(CCn1ccnn1)Nc1ccc2c(c1)CNCC2. The summed E-state index contributed by atoms with van der Waals surface area (Å²) in [5, 5.41) is 13.8. The minimum Gasteiger partial charge on any atom is -0.326 e. The molecule has 1 aromatic carbocycles. The number of hydrogen-bond donors (Lipinski definition) is 2. The van der Waals surface area contributed by atoms with Gasteiger partial charge in [-0.3, -0.25) is 9.48 Å². The Balaban J connectivity index is 1.58. The Morgan fingerprint density at radius 1 is 1.40 bits per heavy atom. The van der Waals surface area contributed by atoms with Gasteiger partial charge in [0.1, 0.15) is 0 Å². The summed E-state index contributed by atoms with van der Waals surface area (Å²) in [6.07, 6.45) is 4.79. The Bertz CT molecular complexity index is 594. The van der Waals surface area contributed by atoms with Crippen LogP contribution in [-0.4, -0.2) is 27.4 Å². The molecule has 0 aliphatic carbocycles. The van der Waals surface area contributed by atoms with Crippen molar-refractivity contribution in [3.63, 3.8) is 0 Å². The second-order valence-electron chi connectivity index (χ2n) is 4.87. The van der Waals surface area contributed by atoms with Gasteiger partial charge in [0.25, 0.3) is 0 Å². The van der Waals surface area contributed by atoms with Crippen LogP contribution >= 0.6 is 0 Å². The van der Waals surface area contributed by atoms with Crippen molar-refractivity contribution < 1.29 is 4.79 Å². The maximum absolute atomic E-state index is 11.9. The van der Waals surface area contributed by atoms with Gasteiger partial charge in [-0.15, -0.1) is 5.10 Å². The number of nitrogens with one attached hydrogen (secondary N) is 2. The first-order valence-electron chi connectivity index (χ1n) is 6.78. The molecule has 2 heterocycles. The van der Waals surface area contributed by atoms with Crippen LogP contribution in [0.1, 0.15) is 17.5 Å². The van der Waals surface area contributed by atoms with E-state index >= 15 is 0 Å². The average Bonchev–Trinajstić information content (AvgIpc) is 2.98. The predicted molar refractivity (Wildman–Crippen MR) is 75.1 cm³/mol. The first-order chi connectivity index (χ1) is 9.81. The molecule has 0 saturated carbocycles. The maximum atomic E-state index is 11.9. The molecule has 0 saturated heterocycles. The topological polar surface area (TPSA) is 71.8 Å². The summed E-state index contributed by atoms with van der Waals surface area (Å²) in [5.41, 5.74) is 3.49. The first kappa shape index (κ1) is 12.8. The molecule has 20 heavy (non-hydrogen) atoms. The van der Waals surface area contributed by atoms with Gasteiger partial charge in [-0.25, -0.2) is 0 Å². The average molecular weight is 271 g/mol. The highest BCUT2D eigenvalue weighted by atomic mass is 16.1. The number of rotatable bonds is 4. The first-order valence-corrected chi connectivity index (χ1v) is 6.78. The molecule has 0 bridgehead atoms. The van der Waals surface area contributed by atoms with E-state index in [2.05, 4.69) is 33.1 Å². The largest absolute Gasteiger partial charge is 0.326 e. The maximum Gasteiger partial charge on any atom is 0.226 e. The van der Waals surface area contributed by atoms with Crippen LogP contribution in [0.5, 0.6) is 0 Å². The van der Waals surface area contributed by atoms with Gasteiger partial charge < -0.3 is 10.6 Å². The van der Waals surface area contributed by atoms with Crippen LogP contribution in [0.2, 0.25) is 0 Å². The summed E-state index contributed by atoms with van der Waals surface area (Å²) in [6.45, 7) is 2.44. The predicted octanol–water partition coefficient (Wildman–Crippen LogP) is 0.953. The van der Waals surface area contributed by atoms with Crippen LogP contribution in [0.4, 0.5) is 5.69 Å². The number of anilines is 1. The van der Waals surface area contributed by atoms with Crippen molar-refractivity contribution in [1.82, 2.24) is 20.3 Å². The Labute approximate surface area is 117 Å². The molecule has 0 fully saturated rings. The number of carbonyl (C=O) groups is 1. The van der Waals surface area contributed by atoms with Gasteiger partial charge in [0.2, 0.25) is 5.91 Å². The van der Waals surface area contributed by atoms with Crippen LogP contribution in [0, 0.1) is 0 Å². The lowest BCUT2D eigenvalue weighted by molar-refractivity contribution is -0.116. The highest BCUT2D eigenvalue weighted by Gasteiger charge is 2.10. The molecule has 2 aromatic rings. The summed E-state index contributed by atoms with van der Waals surface area (Å²) in [6, 6.07) is 6.12. The zero-order valence-electron chi connectivity index (χ0n) is 11.2. The molecule has 104 valence electrons. The number of hydrogen-bond acceptors (Lipinski definition) is 4. The van der Waals surface area contributed by atoms with E-state index in [0.717, 1.165) is 25.2 Å². The lowest BCUT2D eigenvalue weighted by Crippen LogP contribution is -2.24. The van der Waals surface area contributed by atoms with Crippen molar-refractivity contribution >= 4 is 11.6 Å². The van der Waals surface area contributed by atoms with Gasteiger partial charge in [0.05, 0.1) is 12.7 Å². The fourth-order valence-electron chi connectivity index (χ4n) is 2.35. The van der Waals surface area contributed by atoms with Crippen LogP contribution in [-0.2, 0) is 24.3 Å². The van der Waals surface area contributed by atoms with Crippen molar-refractivity contribution in [2.75, 3.05) is 11.9 Å². The fraction of sp³-hybridized carbons (Fsp3) is 0.357. The molecular weight excluding hydrogens is 254 g/mol. The Kier molecular flexibility index (Phi) is 3.73. The van der Waals surface area contributed by atoms with E-state index in [-0.39, 0.29) is 5.91 Å². The number of carbonyl (C=O) groups excluding carboxylic acids is 1. The van der Waals surface area contributed by atoms with Gasteiger partial charge in [0.15, 0.2) is 0 Å². The number of aryl methyl sites for hydroxylation is 1. The second-order valence-corrected chi connectivity index (χ2v) is 4.87. The molecule has 6 nitrogen and oxygen atoms in total. The van der Waals surface area contributed by atoms with Crippen LogP contribution in [0.25, 0.3) is 0 Å². The molecule has 3 rings (SSSR count). The van der Waals surface area contributed by atoms with Crippen molar-refractivity contribution in [2.24, 2.45) is 0 Å². The molecule has 0 atom stereocenters. The van der Waals surface area contributed by atoms with E-state index in [9.17, 15) is 4.79 Å². The summed E-state index contributed by atoms with van der Waals surface area (Å²) < 4.78 is 1.65. The molecule has 1 aliphatic heterocycles. The van der Waals surface area contributed by atoms with Crippen molar-refractivity contribution in [3.05, 3.63) is 41.7 Å². The Morgan fingerprint density at radius 3 is 3.20 bits per heavy atom. The van der Waals surface area contributed by atoms with Crippen molar-refractivity contribution in [1.29, 1.82) is 0 Å². The van der Waals surface area contributed by atoms with Crippen LogP contribution < -0.4 is 10.6 Å². The molecule has 0 unspecified atom stereocenters. The molecule has 1 aliphatic rings. The van der Waals surface area contributed by atoms with Gasteiger partial charge in [0, 0.05) is 24.8 Å². The molecule has 6 heteroatoms. The van der Waals surface area contributed by atoms with Crippen LogP contribution in [0.15, 0.2) is 30.6 Å². The minimum atomic E-state index is -0.00998. The quantitative estimate of drug-likeness (QED) is 0.868. The van der Waals surface area contributed by atoms with E-state index in [1.165, 1.54) is 11.1 Å². The number of fused-ring (bicyclic) bond motifs is 1. The van der Waals surface area contributed by atoms with E-state index in [1.54, 1.807) is 17.1 Å². The lowest BCUT2D eigenvalue weighted by atomic mass is 10.0. The second kappa shape index (κ2) is 5.83. The minimum absolute atomic E-state index is 0.00998. The highest BCUT2D eigenvalue weighted by Crippen LogP contribution is 2.19. The number of nitrogens with zero attached hydrogens (tertiary/aromatic N) is 3. The van der Waals surface area contributed by atoms with Gasteiger partial charge in [-0.05, 0) is 36.2 Å². The third-order valence-electron chi connectivity index (χ3n) is 3.42. The summed E-state index contributed by atoms with van der Waals surface area (Å²) in [5.74, 6) is -0.00998. The zero-order chi connectivity index (χ0) is 13.8. The molecular formula is C14H17N5O. The van der Waals surface area contributed by atoms with Gasteiger partial charge in [-0.2, -0.15) is 0 Å². The summed E-state index contributed by atoms with van der Waals surface area (Å²) in [7, 11) is 0. The van der Waals surface area contributed by atoms with Crippen molar-refractivity contribution in [2.45, 2.75) is 25.9 Å². The smallest absolute Gasteiger partial charge is 0.226 e.